The maximum atomic E-state index is 12.4. The topological polar surface area (TPSA) is 72.6 Å². The number of amides is 2. The number of piperidine rings is 1. The molecule has 0 saturated carbocycles. The van der Waals surface area contributed by atoms with E-state index in [0.717, 1.165) is 11.3 Å². The molecule has 21 heavy (non-hydrogen) atoms. The number of rotatable bonds is 3. The van der Waals surface area contributed by atoms with Gasteiger partial charge in [0.2, 0.25) is 11.8 Å². The number of primary amides is 1. The van der Waals surface area contributed by atoms with Crippen molar-refractivity contribution in [3.63, 3.8) is 0 Å². The average Bonchev–Trinajstić information content (AvgIpc) is 2.91. The highest BCUT2D eigenvalue weighted by atomic mass is 16.5. The molecule has 0 aliphatic carbocycles. The number of hydrogen-bond donors (Lipinski definition) is 1. The van der Waals surface area contributed by atoms with Gasteiger partial charge in [-0.15, -0.1) is 0 Å². The number of para-hydroxylation sites is 1. The monoisotopic (exact) mass is 288 g/mol. The number of carbonyl (C=O) groups excluding carboxylic acids is 2. The molecule has 2 aliphatic rings. The zero-order valence-corrected chi connectivity index (χ0v) is 12.0. The molecule has 1 atom stereocenters. The number of carbonyl (C=O) groups is 2. The number of likely N-dealkylation sites (tertiary alicyclic amines) is 1. The fraction of sp³-hybridized carbons (Fsp3) is 0.500. The molecule has 5 nitrogen and oxygen atoms in total. The van der Waals surface area contributed by atoms with E-state index in [1.807, 2.05) is 29.2 Å². The van der Waals surface area contributed by atoms with Gasteiger partial charge in [0.25, 0.3) is 0 Å². The molecule has 5 heteroatoms. The van der Waals surface area contributed by atoms with Crippen LogP contribution >= 0.6 is 0 Å². The van der Waals surface area contributed by atoms with E-state index in [2.05, 4.69) is 0 Å². The molecular weight excluding hydrogens is 268 g/mol. The van der Waals surface area contributed by atoms with Crippen LogP contribution in [0.25, 0.3) is 0 Å². The summed E-state index contributed by atoms with van der Waals surface area (Å²) in [6.45, 7) is 1.83. The molecule has 112 valence electrons. The van der Waals surface area contributed by atoms with Crippen LogP contribution in [0, 0.1) is 5.92 Å². The van der Waals surface area contributed by atoms with Crippen molar-refractivity contribution in [1.82, 2.24) is 4.90 Å². The first kappa shape index (κ1) is 13.9. The molecule has 2 heterocycles. The van der Waals surface area contributed by atoms with E-state index >= 15 is 0 Å². The summed E-state index contributed by atoms with van der Waals surface area (Å²) in [6, 6.07) is 7.89. The molecular formula is C16H20N2O3. The lowest BCUT2D eigenvalue weighted by Crippen LogP contribution is -2.42. The van der Waals surface area contributed by atoms with Crippen LogP contribution in [0.15, 0.2) is 24.3 Å². The van der Waals surface area contributed by atoms with Crippen molar-refractivity contribution in [2.75, 3.05) is 19.7 Å². The van der Waals surface area contributed by atoms with Gasteiger partial charge in [-0.1, -0.05) is 18.2 Å². The van der Waals surface area contributed by atoms with Crippen LogP contribution in [-0.4, -0.2) is 36.4 Å². The van der Waals surface area contributed by atoms with E-state index < -0.39 is 0 Å². The number of nitrogens with zero attached hydrogens (tertiary/aromatic N) is 1. The second-order valence-electron chi connectivity index (χ2n) is 5.81. The van der Waals surface area contributed by atoms with Crippen molar-refractivity contribution in [2.24, 2.45) is 11.7 Å². The molecule has 1 aromatic carbocycles. The summed E-state index contributed by atoms with van der Waals surface area (Å²) in [5, 5.41) is 0. The van der Waals surface area contributed by atoms with Crippen molar-refractivity contribution < 1.29 is 14.3 Å². The average molecular weight is 288 g/mol. The highest BCUT2D eigenvalue weighted by molar-refractivity contribution is 5.79. The van der Waals surface area contributed by atoms with Gasteiger partial charge in [-0.3, -0.25) is 9.59 Å². The molecule has 1 unspecified atom stereocenters. The normalized spacial score (nSPS) is 21.7. The molecule has 0 bridgehead atoms. The first-order valence-corrected chi connectivity index (χ1v) is 7.44. The van der Waals surface area contributed by atoms with Crippen molar-refractivity contribution in [3.05, 3.63) is 29.8 Å². The number of hydrogen-bond acceptors (Lipinski definition) is 3. The second kappa shape index (κ2) is 5.76. The zero-order chi connectivity index (χ0) is 14.8. The predicted octanol–water partition coefficient (Wildman–Crippen LogP) is 1.28. The fourth-order valence-corrected chi connectivity index (χ4v) is 3.15. The maximum absolute atomic E-state index is 12.4. The molecule has 0 spiro atoms. The van der Waals surface area contributed by atoms with E-state index in [1.54, 1.807) is 0 Å². The van der Waals surface area contributed by atoms with Crippen LogP contribution in [0.5, 0.6) is 5.75 Å². The first-order valence-electron chi connectivity index (χ1n) is 7.44. The minimum atomic E-state index is -0.250. The van der Waals surface area contributed by atoms with Crippen molar-refractivity contribution in [2.45, 2.75) is 25.2 Å². The van der Waals surface area contributed by atoms with Gasteiger partial charge in [0.15, 0.2) is 0 Å². The van der Waals surface area contributed by atoms with Crippen LogP contribution in [0.1, 0.15) is 30.7 Å². The lowest BCUT2D eigenvalue weighted by molar-refractivity contribution is -0.135. The predicted molar refractivity (Wildman–Crippen MR) is 77.8 cm³/mol. The lowest BCUT2D eigenvalue weighted by atomic mass is 9.94. The van der Waals surface area contributed by atoms with Gasteiger partial charge in [0, 0.05) is 36.9 Å². The molecule has 0 aromatic heterocycles. The van der Waals surface area contributed by atoms with Crippen LogP contribution in [-0.2, 0) is 9.59 Å². The minimum absolute atomic E-state index is 0.0791. The van der Waals surface area contributed by atoms with E-state index in [9.17, 15) is 9.59 Å². The highest BCUT2D eigenvalue weighted by Crippen LogP contribution is 2.36. The Kier molecular flexibility index (Phi) is 3.82. The summed E-state index contributed by atoms with van der Waals surface area (Å²) in [6.07, 6.45) is 1.83. The Labute approximate surface area is 124 Å². The van der Waals surface area contributed by atoms with Gasteiger partial charge in [-0.2, -0.15) is 0 Å². The Morgan fingerprint density at radius 2 is 1.95 bits per heavy atom. The van der Waals surface area contributed by atoms with Crippen LogP contribution < -0.4 is 10.5 Å². The first-order chi connectivity index (χ1) is 10.1. The molecule has 1 saturated heterocycles. The molecule has 2 amide bonds. The summed E-state index contributed by atoms with van der Waals surface area (Å²) in [4.78, 5) is 25.4. The Morgan fingerprint density at radius 1 is 1.24 bits per heavy atom. The van der Waals surface area contributed by atoms with Gasteiger partial charge in [0.1, 0.15) is 5.75 Å². The second-order valence-corrected chi connectivity index (χ2v) is 5.81. The molecule has 1 fully saturated rings. The largest absolute Gasteiger partial charge is 0.493 e. The number of fused-ring (bicyclic) bond motifs is 1. The number of benzene rings is 1. The maximum Gasteiger partial charge on any atom is 0.223 e. The van der Waals surface area contributed by atoms with Gasteiger partial charge in [0.05, 0.1) is 6.61 Å². The van der Waals surface area contributed by atoms with Gasteiger partial charge >= 0.3 is 0 Å². The van der Waals surface area contributed by atoms with E-state index in [0.29, 0.717) is 39.0 Å². The molecule has 0 radical (unpaired) electrons. The van der Waals surface area contributed by atoms with Crippen LogP contribution in [0.2, 0.25) is 0 Å². The van der Waals surface area contributed by atoms with Gasteiger partial charge in [-0.25, -0.2) is 0 Å². The minimum Gasteiger partial charge on any atom is -0.493 e. The van der Waals surface area contributed by atoms with Crippen molar-refractivity contribution in [3.8, 4) is 5.75 Å². The third kappa shape index (κ3) is 2.86. The third-order valence-corrected chi connectivity index (χ3v) is 4.47. The highest BCUT2D eigenvalue weighted by Gasteiger charge is 2.30. The Hall–Kier alpha value is -2.04. The smallest absolute Gasteiger partial charge is 0.223 e. The zero-order valence-electron chi connectivity index (χ0n) is 12.0. The van der Waals surface area contributed by atoms with Crippen molar-refractivity contribution in [1.29, 1.82) is 0 Å². The molecule has 2 aliphatic heterocycles. The standard InChI is InChI=1S/C16H20N2O3/c17-16(20)11-5-7-18(8-6-11)15(19)9-12-10-21-14-4-2-1-3-13(12)14/h1-4,11-12H,5-10H2,(H2,17,20). The van der Waals surface area contributed by atoms with Gasteiger partial charge in [-0.05, 0) is 18.9 Å². The van der Waals surface area contributed by atoms with Crippen LogP contribution in [0.3, 0.4) is 0 Å². The summed E-state index contributed by atoms with van der Waals surface area (Å²) in [5.41, 5.74) is 6.44. The van der Waals surface area contributed by atoms with Crippen molar-refractivity contribution >= 4 is 11.8 Å². The summed E-state index contributed by atoms with van der Waals surface area (Å²) in [5.74, 6) is 0.846. The van der Waals surface area contributed by atoms with E-state index in [4.69, 9.17) is 10.5 Å². The molecule has 3 rings (SSSR count). The summed E-state index contributed by atoms with van der Waals surface area (Å²) < 4.78 is 5.62. The van der Waals surface area contributed by atoms with E-state index in [-0.39, 0.29) is 23.7 Å². The fourth-order valence-electron chi connectivity index (χ4n) is 3.15. The Morgan fingerprint density at radius 3 is 2.67 bits per heavy atom. The SMILES string of the molecule is NC(=O)C1CCN(C(=O)CC2COc3ccccc32)CC1. The number of ether oxygens (including phenoxy) is 1. The Bertz CT molecular complexity index is 550. The van der Waals surface area contributed by atoms with E-state index in [1.165, 1.54) is 0 Å². The summed E-state index contributed by atoms with van der Waals surface area (Å²) >= 11 is 0. The third-order valence-electron chi connectivity index (χ3n) is 4.47. The number of nitrogens with two attached hydrogens (primary N) is 1. The summed E-state index contributed by atoms with van der Waals surface area (Å²) in [7, 11) is 0. The quantitative estimate of drug-likeness (QED) is 0.910. The Balaban J connectivity index is 1.57. The molecule has 2 N–H and O–H groups in total. The molecule has 1 aromatic rings. The van der Waals surface area contributed by atoms with Gasteiger partial charge < -0.3 is 15.4 Å². The lowest BCUT2D eigenvalue weighted by Gasteiger charge is -2.31. The van der Waals surface area contributed by atoms with Crippen LogP contribution in [0.4, 0.5) is 0 Å².